The molecule has 2 heteroatoms. The van der Waals surface area contributed by atoms with Gasteiger partial charge in [0.2, 0.25) is 0 Å². The zero-order chi connectivity index (χ0) is 26.0. The van der Waals surface area contributed by atoms with Crippen LogP contribution in [0.4, 0.5) is 0 Å². The summed E-state index contributed by atoms with van der Waals surface area (Å²) in [5, 5.41) is 0.809. The van der Waals surface area contributed by atoms with E-state index in [2.05, 4.69) is 109 Å². The molecule has 0 bridgehead atoms. The van der Waals surface area contributed by atoms with E-state index in [1.807, 2.05) is 11.8 Å². The first-order valence-electron chi connectivity index (χ1n) is 14.2. The van der Waals surface area contributed by atoms with Crippen LogP contribution in [0.15, 0.2) is 119 Å². The molecule has 0 radical (unpaired) electrons. The third kappa shape index (κ3) is 3.39. The lowest BCUT2D eigenvalue weighted by Crippen LogP contribution is -2.32. The Morgan fingerprint density at radius 3 is 1.87 bits per heavy atom. The molecule has 190 valence electrons. The summed E-state index contributed by atoms with van der Waals surface area (Å²) in [5.41, 5.74) is 11.7. The number of benzene rings is 5. The fourth-order valence-corrected chi connectivity index (χ4v) is 9.15. The van der Waals surface area contributed by atoms with E-state index in [4.69, 9.17) is 11.6 Å². The van der Waals surface area contributed by atoms with Crippen molar-refractivity contribution in [1.82, 2.24) is 0 Å². The van der Waals surface area contributed by atoms with E-state index >= 15 is 0 Å². The zero-order valence-corrected chi connectivity index (χ0v) is 23.4. The standard InChI is InChI=1S/C37H29ClS/c38-25-22-30(27-15-5-4-14-26(27)24-12-2-1-3-13-24)36-34(23-25)37(33-20-10-11-21-35(33)39-36)31-18-8-6-16-28(31)29-17-7-9-19-32(29)37/h4-11,14-24H,1-3,12-13H2. The highest BCUT2D eigenvalue weighted by atomic mass is 35.5. The summed E-state index contributed by atoms with van der Waals surface area (Å²) in [6.07, 6.45) is 6.57. The molecule has 1 heterocycles. The quantitative estimate of drug-likeness (QED) is 0.210. The smallest absolute Gasteiger partial charge is 0.0736 e. The van der Waals surface area contributed by atoms with Gasteiger partial charge in [-0.15, -0.1) is 0 Å². The van der Waals surface area contributed by atoms with Gasteiger partial charge in [0, 0.05) is 14.8 Å². The van der Waals surface area contributed by atoms with Crippen molar-refractivity contribution in [3.8, 4) is 22.3 Å². The maximum absolute atomic E-state index is 7.10. The van der Waals surface area contributed by atoms with Crippen LogP contribution in [-0.2, 0) is 5.41 Å². The molecule has 39 heavy (non-hydrogen) atoms. The van der Waals surface area contributed by atoms with Crippen molar-refractivity contribution in [2.45, 2.75) is 53.2 Å². The molecular weight excluding hydrogens is 512 g/mol. The van der Waals surface area contributed by atoms with E-state index < -0.39 is 5.41 Å². The first kappa shape index (κ1) is 23.6. The average molecular weight is 541 g/mol. The van der Waals surface area contributed by atoms with Crippen molar-refractivity contribution in [1.29, 1.82) is 0 Å². The van der Waals surface area contributed by atoms with Crippen LogP contribution in [0.5, 0.6) is 0 Å². The highest BCUT2D eigenvalue weighted by molar-refractivity contribution is 7.99. The lowest BCUT2D eigenvalue weighted by molar-refractivity contribution is 0.444. The third-order valence-electron chi connectivity index (χ3n) is 9.21. The maximum atomic E-state index is 7.10. The SMILES string of the molecule is Clc1cc(-c2ccccc2C2CCCCC2)c2c(c1)C1(c3ccccc3S2)c2ccccc2-c2ccccc21. The summed E-state index contributed by atoms with van der Waals surface area (Å²) >= 11 is 9.02. The largest absolute Gasteiger partial charge is 0.0887 e. The molecule has 1 saturated carbocycles. The highest BCUT2D eigenvalue weighted by Gasteiger charge is 2.50. The molecule has 3 aliphatic rings. The first-order valence-corrected chi connectivity index (χ1v) is 15.4. The van der Waals surface area contributed by atoms with E-state index in [1.165, 1.54) is 92.0 Å². The van der Waals surface area contributed by atoms with Crippen LogP contribution in [0.3, 0.4) is 0 Å². The molecule has 5 aromatic carbocycles. The number of rotatable bonds is 2. The molecule has 0 atom stereocenters. The Morgan fingerprint density at radius 1 is 0.564 bits per heavy atom. The summed E-state index contributed by atoms with van der Waals surface area (Å²) in [6, 6.07) is 40.6. The molecular formula is C37H29ClS. The number of fused-ring (bicyclic) bond motifs is 9. The highest BCUT2D eigenvalue weighted by Crippen LogP contribution is 2.63. The fourth-order valence-electron chi connectivity index (χ4n) is 7.63. The monoisotopic (exact) mass is 540 g/mol. The van der Waals surface area contributed by atoms with E-state index in [0.29, 0.717) is 5.92 Å². The topological polar surface area (TPSA) is 0 Å². The summed E-state index contributed by atoms with van der Waals surface area (Å²) < 4.78 is 0. The molecule has 1 fully saturated rings. The van der Waals surface area contributed by atoms with Gasteiger partial charge in [0.1, 0.15) is 0 Å². The van der Waals surface area contributed by atoms with Crippen LogP contribution in [0.25, 0.3) is 22.3 Å². The Kier molecular flexibility index (Phi) is 5.54. The molecule has 0 amide bonds. The summed E-state index contributed by atoms with van der Waals surface area (Å²) in [4.78, 5) is 2.67. The predicted octanol–water partition coefficient (Wildman–Crippen LogP) is 10.9. The Morgan fingerprint density at radius 2 is 1.15 bits per heavy atom. The molecule has 1 spiro atoms. The second-order valence-corrected chi connectivity index (χ2v) is 12.7. The minimum absolute atomic E-state index is 0.399. The molecule has 0 nitrogen and oxygen atoms in total. The summed E-state index contributed by atoms with van der Waals surface area (Å²) in [7, 11) is 0. The molecule has 0 N–H and O–H groups in total. The lowest BCUT2D eigenvalue weighted by Gasteiger charge is -2.40. The van der Waals surface area contributed by atoms with Crippen LogP contribution in [-0.4, -0.2) is 0 Å². The Bertz CT molecular complexity index is 1700. The van der Waals surface area contributed by atoms with Crippen LogP contribution in [0.2, 0.25) is 5.02 Å². The van der Waals surface area contributed by atoms with E-state index in [0.717, 1.165) is 5.02 Å². The van der Waals surface area contributed by atoms with Gasteiger partial charge in [-0.05, 0) is 87.0 Å². The van der Waals surface area contributed by atoms with Crippen molar-refractivity contribution < 1.29 is 0 Å². The minimum Gasteiger partial charge on any atom is -0.0887 e. The van der Waals surface area contributed by atoms with E-state index in [-0.39, 0.29) is 0 Å². The molecule has 1 aliphatic heterocycles. The Hall–Kier alpha value is -3.26. The first-order chi connectivity index (χ1) is 19.3. The normalized spacial score (nSPS) is 16.8. The summed E-state index contributed by atoms with van der Waals surface area (Å²) in [6.45, 7) is 0. The van der Waals surface area contributed by atoms with Crippen molar-refractivity contribution >= 4 is 23.4 Å². The summed E-state index contributed by atoms with van der Waals surface area (Å²) in [5.74, 6) is 0.618. The lowest BCUT2D eigenvalue weighted by atomic mass is 9.67. The van der Waals surface area contributed by atoms with Crippen LogP contribution < -0.4 is 0 Å². The van der Waals surface area contributed by atoms with Crippen LogP contribution in [0, 0.1) is 0 Å². The van der Waals surface area contributed by atoms with Gasteiger partial charge >= 0.3 is 0 Å². The van der Waals surface area contributed by atoms with Gasteiger partial charge < -0.3 is 0 Å². The van der Waals surface area contributed by atoms with Gasteiger partial charge in [-0.3, -0.25) is 0 Å². The minimum atomic E-state index is -0.399. The second-order valence-electron chi connectivity index (χ2n) is 11.2. The average Bonchev–Trinajstić information content (AvgIpc) is 3.29. The molecule has 0 saturated heterocycles. The predicted molar refractivity (Wildman–Crippen MR) is 164 cm³/mol. The molecule has 0 unspecified atom stereocenters. The van der Waals surface area contributed by atoms with Crippen LogP contribution >= 0.6 is 23.4 Å². The van der Waals surface area contributed by atoms with Gasteiger partial charge in [0.15, 0.2) is 0 Å². The van der Waals surface area contributed by atoms with Crippen molar-refractivity contribution in [3.63, 3.8) is 0 Å². The fraction of sp³-hybridized carbons (Fsp3) is 0.189. The molecule has 5 aromatic rings. The van der Waals surface area contributed by atoms with Gasteiger partial charge in [-0.2, -0.15) is 0 Å². The molecule has 2 aliphatic carbocycles. The maximum Gasteiger partial charge on any atom is 0.0736 e. The van der Waals surface area contributed by atoms with E-state index in [1.54, 1.807) is 0 Å². The molecule has 8 rings (SSSR count). The van der Waals surface area contributed by atoms with Crippen molar-refractivity contribution in [3.05, 3.63) is 142 Å². The van der Waals surface area contributed by atoms with Crippen molar-refractivity contribution in [2.75, 3.05) is 0 Å². The van der Waals surface area contributed by atoms with Gasteiger partial charge in [-0.25, -0.2) is 0 Å². The van der Waals surface area contributed by atoms with E-state index in [9.17, 15) is 0 Å². The van der Waals surface area contributed by atoms with Crippen LogP contribution in [0.1, 0.15) is 65.8 Å². The number of halogens is 1. The third-order valence-corrected chi connectivity index (χ3v) is 10.6. The zero-order valence-electron chi connectivity index (χ0n) is 21.8. The second kappa shape index (κ2) is 9.15. The van der Waals surface area contributed by atoms with Gasteiger partial charge in [0.05, 0.1) is 5.41 Å². The number of hydrogen-bond acceptors (Lipinski definition) is 1. The Balaban J connectivity index is 1.47. The number of hydrogen-bond donors (Lipinski definition) is 0. The van der Waals surface area contributed by atoms with Gasteiger partial charge in [0.25, 0.3) is 0 Å². The van der Waals surface area contributed by atoms with Gasteiger partial charge in [-0.1, -0.05) is 134 Å². The molecule has 0 aromatic heterocycles. The van der Waals surface area contributed by atoms with Crippen molar-refractivity contribution in [2.24, 2.45) is 0 Å². The Labute approximate surface area is 240 Å².